The Morgan fingerprint density at radius 3 is 2.74 bits per heavy atom. The third kappa shape index (κ3) is 5.88. The minimum Gasteiger partial charge on any atom is -0.480 e. The summed E-state index contributed by atoms with van der Waals surface area (Å²) < 4.78 is 7.47. The number of nitrogen functional groups attached to an aromatic ring is 1. The second-order valence-electron chi connectivity index (χ2n) is 8.84. The quantitative estimate of drug-likeness (QED) is 0.172. The Balaban J connectivity index is 1.50. The number of fused-ring (bicyclic) bond motifs is 1. The van der Waals surface area contributed by atoms with Crippen LogP contribution in [0.2, 0.25) is 0 Å². The molecule has 0 aliphatic carbocycles. The maximum absolute atomic E-state index is 11.4. The monoisotopic (exact) mass is 524 g/mol. The van der Waals surface area contributed by atoms with Crippen LogP contribution in [0, 0.1) is 11.8 Å². The van der Waals surface area contributed by atoms with Gasteiger partial charge in [-0.15, -0.1) is 0 Å². The number of hydrogen-bond acceptors (Lipinski definition) is 11. The molecule has 0 spiro atoms. The van der Waals surface area contributed by atoms with Gasteiger partial charge in [0.1, 0.15) is 36.2 Å². The molecule has 5 atom stereocenters. The number of primary amides is 1. The van der Waals surface area contributed by atoms with E-state index in [1.165, 1.54) is 17.2 Å². The molecular weight excluding hydrogens is 496 g/mol. The molecule has 38 heavy (non-hydrogen) atoms. The molecule has 14 nitrogen and oxygen atoms in total. The molecule has 3 heterocycles. The van der Waals surface area contributed by atoms with E-state index in [-0.39, 0.29) is 31.9 Å². The van der Waals surface area contributed by atoms with E-state index in [0.717, 1.165) is 0 Å². The number of anilines is 1. The maximum Gasteiger partial charge on any atom is 0.320 e. The minimum absolute atomic E-state index is 0.112. The normalized spacial score (nSPS) is 21.8. The molecule has 0 saturated carbocycles. The summed E-state index contributed by atoms with van der Waals surface area (Å²) in [6.45, 7) is 0.508. The molecule has 1 aliphatic heterocycles. The first kappa shape index (κ1) is 26.9. The highest BCUT2D eigenvalue weighted by Gasteiger charge is 2.44. The van der Waals surface area contributed by atoms with Crippen LogP contribution in [0.5, 0.6) is 0 Å². The largest absolute Gasteiger partial charge is 0.480 e. The number of hydrogen-bond donors (Lipinski definition) is 6. The number of carbonyl (C=O) groups excluding carboxylic acids is 1. The van der Waals surface area contributed by atoms with Crippen molar-refractivity contribution >= 4 is 28.9 Å². The van der Waals surface area contributed by atoms with Gasteiger partial charge in [-0.3, -0.25) is 19.1 Å². The second-order valence-corrected chi connectivity index (χ2v) is 8.84. The smallest absolute Gasteiger partial charge is 0.320 e. The number of amides is 1. The average Bonchev–Trinajstić information content (AvgIpc) is 3.44. The van der Waals surface area contributed by atoms with Crippen molar-refractivity contribution in [2.45, 2.75) is 37.0 Å². The SMILES string of the molecule is NC(=O)c1cccc(C#CCN(CC[C@@H](N)C(=O)O)C[C@H]2O[C@H](n3cnc4c(N)ncnc43)[C@@H](O)[C@H]2O)c1. The van der Waals surface area contributed by atoms with Crippen LogP contribution in [0.25, 0.3) is 11.2 Å². The van der Waals surface area contributed by atoms with Gasteiger partial charge in [0, 0.05) is 24.2 Å². The second kappa shape index (κ2) is 11.5. The molecule has 1 saturated heterocycles. The summed E-state index contributed by atoms with van der Waals surface area (Å²) in [7, 11) is 0. The predicted molar refractivity (Wildman–Crippen MR) is 134 cm³/mol. The van der Waals surface area contributed by atoms with Crippen LogP contribution in [-0.4, -0.2) is 95.6 Å². The lowest BCUT2D eigenvalue weighted by atomic mass is 10.1. The highest BCUT2D eigenvalue weighted by molar-refractivity contribution is 5.93. The van der Waals surface area contributed by atoms with Crippen LogP contribution in [-0.2, 0) is 9.53 Å². The fraction of sp³-hybridized carbons (Fsp3) is 0.375. The summed E-state index contributed by atoms with van der Waals surface area (Å²) in [5.41, 5.74) is 18.4. The molecule has 0 unspecified atom stereocenters. The Morgan fingerprint density at radius 1 is 1.21 bits per heavy atom. The van der Waals surface area contributed by atoms with Gasteiger partial charge >= 0.3 is 5.97 Å². The first-order valence-electron chi connectivity index (χ1n) is 11.7. The average molecular weight is 525 g/mol. The predicted octanol–water partition coefficient (Wildman–Crippen LogP) is -1.72. The van der Waals surface area contributed by atoms with E-state index in [2.05, 4.69) is 26.8 Å². The summed E-state index contributed by atoms with van der Waals surface area (Å²) in [6, 6.07) is 5.44. The number of rotatable bonds is 9. The minimum atomic E-state index is -1.31. The van der Waals surface area contributed by atoms with Crippen molar-refractivity contribution < 1.29 is 29.6 Å². The number of imidazole rings is 1. The molecule has 0 radical (unpaired) electrons. The summed E-state index contributed by atoms with van der Waals surface area (Å²) in [5, 5.41) is 30.7. The van der Waals surface area contributed by atoms with Gasteiger partial charge in [-0.25, -0.2) is 15.0 Å². The molecule has 1 amide bonds. The number of nitrogens with two attached hydrogens (primary N) is 3. The number of carboxylic acid groups (broad SMARTS) is 1. The van der Waals surface area contributed by atoms with E-state index in [0.29, 0.717) is 22.3 Å². The van der Waals surface area contributed by atoms with E-state index in [1.807, 2.05) is 0 Å². The van der Waals surface area contributed by atoms with Crippen molar-refractivity contribution in [3.63, 3.8) is 0 Å². The lowest BCUT2D eigenvalue weighted by Gasteiger charge is -2.25. The van der Waals surface area contributed by atoms with Crippen LogP contribution in [0.4, 0.5) is 5.82 Å². The van der Waals surface area contributed by atoms with Gasteiger partial charge in [0.2, 0.25) is 5.91 Å². The molecular formula is C24H28N8O6. The third-order valence-corrected chi connectivity index (χ3v) is 6.19. The Hall–Kier alpha value is -4.13. The van der Waals surface area contributed by atoms with Crippen LogP contribution in [0.15, 0.2) is 36.9 Å². The number of aliphatic hydroxyl groups excluding tert-OH is 2. The van der Waals surface area contributed by atoms with E-state index in [4.69, 9.17) is 27.0 Å². The first-order chi connectivity index (χ1) is 18.2. The van der Waals surface area contributed by atoms with Gasteiger partial charge in [-0.1, -0.05) is 17.9 Å². The highest BCUT2D eigenvalue weighted by Crippen LogP contribution is 2.32. The standard InChI is InChI=1S/C24H28N8O6/c25-15(24(36)37)6-8-31(7-2-4-13-3-1-5-14(9-13)21(27)35)10-16-18(33)19(34)23(38-16)32-12-30-17-20(26)28-11-29-22(17)32/h1,3,5,9,11-12,15-16,18-19,23,33-34H,6-8,10,25H2,(H2,27,35)(H,36,37)(H2,26,28,29)/t15-,16-,18+,19+,23+/m1/s1. The van der Waals surface area contributed by atoms with Crippen molar-refractivity contribution in [2.75, 3.05) is 25.4 Å². The van der Waals surface area contributed by atoms with Gasteiger partial charge in [-0.2, -0.15) is 0 Å². The van der Waals surface area contributed by atoms with E-state index >= 15 is 0 Å². The number of benzene rings is 1. The van der Waals surface area contributed by atoms with Gasteiger partial charge in [-0.05, 0) is 24.6 Å². The number of ether oxygens (including phenoxy) is 1. The van der Waals surface area contributed by atoms with Crippen molar-refractivity contribution in [1.29, 1.82) is 0 Å². The Bertz CT molecular complexity index is 1380. The molecule has 1 aliphatic rings. The van der Waals surface area contributed by atoms with Crippen molar-refractivity contribution in [3.05, 3.63) is 48.0 Å². The summed E-state index contributed by atoms with van der Waals surface area (Å²) in [5.74, 6) is 4.38. The molecule has 14 heteroatoms. The molecule has 2 aromatic heterocycles. The molecule has 9 N–H and O–H groups in total. The van der Waals surface area contributed by atoms with Crippen molar-refractivity contribution in [2.24, 2.45) is 11.5 Å². The van der Waals surface area contributed by atoms with Crippen LogP contribution >= 0.6 is 0 Å². The zero-order valence-corrected chi connectivity index (χ0v) is 20.2. The number of carboxylic acids is 1. The van der Waals surface area contributed by atoms with Gasteiger partial charge in [0.25, 0.3) is 0 Å². The lowest BCUT2D eigenvalue weighted by Crippen LogP contribution is -2.42. The first-order valence-corrected chi connectivity index (χ1v) is 11.7. The van der Waals surface area contributed by atoms with Crippen LogP contribution < -0.4 is 17.2 Å². The van der Waals surface area contributed by atoms with Gasteiger partial charge < -0.3 is 37.3 Å². The van der Waals surface area contributed by atoms with E-state index in [1.54, 1.807) is 29.2 Å². The fourth-order valence-corrected chi connectivity index (χ4v) is 4.10. The number of aliphatic hydroxyl groups is 2. The van der Waals surface area contributed by atoms with Gasteiger partial charge in [0.05, 0.1) is 12.9 Å². The summed E-state index contributed by atoms with van der Waals surface area (Å²) in [4.78, 5) is 36.6. The number of nitrogens with zero attached hydrogens (tertiary/aromatic N) is 5. The highest BCUT2D eigenvalue weighted by atomic mass is 16.6. The molecule has 200 valence electrons. The van der Waals surface area contributed by atoms with E-state index in [9.17, 15) is 19.8 Å². The maximum atomic E-state index is 11.4. The van der Waals surface area contributed by atoms with Crippen LogP contribution in [0.3, 0.4) is 0 Å². The van der Waals surface area contributed by atoms with Crippen molar-refractivity contribution in [1.82, 2.24) is 24.4 Å². The fourth-order valence-electron chi connectivity index (χ4n) is 4.10. The van der Waals surface area contributed by atoms with E-state index < -0.39 is 42.5 Å². The number of aromatic nitrogens is 4. The third-order valence-electron chi connectivity index (χ3n) is 6.19. The lowest BCUT2D eigenvalue weighted by molar-refractivity contribution is -0.138. The summed E-state index contributed by atoms with van der Waals surface area (Å²) >= 11 is 0. The number of aliphatic carboxylic acids is 1. The zero-order chi connectivity index (χ0) is 27.4. The summed E-state index contributed by atoms with van der Waals surface area (Å²) in [6.07, 6.45) is -1.66. The molecule has 1 fully saturated rings. The topological polar surface area (TPSA) is 229 Å². The molecule has 0 bridgehead atoms. The Morgan fingerprint density at radius 2 is 2.00 bits per heavy atom. The van der Waals surface area contributed by atoms with Gasteiger partial charge in [0.15, 0.2) is 17.7 Å². The molecule has 1 aromatic carbocycles. The Labute approximate surface area is 217 Å². The molecule has 4 rings (SSSR count). The zero-order valence-electron chi connectivity index (χ0n) is 20.2. The van der Waals surface area contributed by atoms with Crippen LogP contribution in [0.1, 0.15) is 28.6 Å². The Kier molecular flexibility index (Phi) is 8.15. The van der Waals surface area contributed by atoms with Crippen molar-refractivity contribution in [3.8, 4) is 11.8 Å². The molecule has 3 aromatic rings. The number of carbonyl (C=O) groups is 2.